The first-order valence-corrected chi connectivity index (χ1v) is 15.0. The molecule has 0 amide bonds. The first kappa shape index (κ1) is 28.4. The number of hydrogen-bond acceptors (Lipinski definition) is 5. The molecule has 0 radical (unpaired) electrons. The van der Waals surface area contributed by atoms with Crippen molar-refractivity contribution < 1.29 is 31.4 Å². The number of benzene rings is 4. The monoisotopic (exact) mass is 688 g/mol. The molecule has 201 valence electrons. The normalized spacial score (nSPS) is 14.5. The van der Waals surface area contributed by atoms with Gasteiger partial charge in [0.2, 0.25) is 0 Å². The standard InChI is InChI=1S/C29H22Cl2F2N2OS2.Ru/c1-18-8-2-7-13-25(18)36-29(38-27-20(31)15-14-19(30)26(27)37)28-34(23-11-5-3-9-21(23)32)16-17-35(28)24-12-6-4-10-22(24)33;/h1-15,28-29,37H,16-17H2;/q;+1/t29-;/m1./s1. The van der Waals surface area contributed by atoms with E-state index in [2.05, 4.69) is 30.5 Å². The third-order valence-corrected chi connectivity index (χ3v) is 9.59. The topological polar surface area (TPSA) is 15.7 Å². The van der Waals surface area contributed by atoms with Gasteiger partial charge >= 0.3 is 257 Å². The van der Waals surface area contributed by atoms with Crippen LogP contribution in [0, 0.1) is 11.6 Å². The summed E-state index contributed by atoms with van der Waals surface area (Å²) in [5.74, 6) is -0.144. The molecule has 0 aromatic heterocycles. The third kappa shape index (κ3) is 6.01. The van der Waals surface area contributed by atoms with E-state index in [4.69, 9.17) is 27.9 Å². The second kappa shape index (κ2) is 12.6. The van der Waals surface area contributed by atoms with Gasteiger partial charge in [-0.05, 0) is 0 Å². The number of para-hydroxylation sites is 3. The molecule has 1 saturated heterocycles. The second-order valence-corrected chi connectivity index (χ2v) is 11.5. The molecular weight excluding hydrogens is 666 g/mol. The Morgan fingerprint density at radius 3 is 1.97 bits per heavy atom. The van der Waals surface area contributed by atoms with Crippen molar-refractivity contribution in [2.75, 3.05) is 22.9 Å². The van der Waals surface area contributed by atoms with Crippen molar-refractivity contribution in [3.63, 3.8) is 0 Å². The van der Waals surface area contributed by atoms with Crippen molar-refractivity contribution in [1.82, 2.24) is 0 Å². The van der Waals surface area contributed by atoms with Gasteiger partial charge in [-0.1, -0.05) is 0 Å². The van der Waals surface area contributed by atoms with Crippen LogP contribution in [0.1, 0.15) is 5.56 Å². The van der Waals surface area contributed by atoms with Crippen LogP contribution in [0.4, 0.5) is 20.2 Å². The van der Waals surface area contributed by atoms with Crippen molar-refractivity contribution >= 4 is 63.6 Å². The van der Waals surface area contributed by atoms with Crippen molar-refractivity contribution in [1.29, 1.82) is 0 Å². The Balaban J connectivity index is 1.68. The Kier molecular flexibility index (Phi) is 9.20. The molecule has 1 aliphatic rings. The van der Waals surface area contributed by atoms with Crippen LogP contribution in [0.15, 0.2) is 94.7 Å². The summed E-state index contributed by atoms with van der Waals surface area (Å²) in [5.41, 5.74) is 0.924. The fourth-order valence-corrected chi connectivity index (χ4v) is 7.07. The van der Waals surface area contributed by atoms with Crippen LogP contribution < -0.4 is 14.5 Å². The quantitative estimate of drug-likeness (QED) is 0.0872. The van der Waals surface area contributed by atoms with Gasteiger partial charge in [-0.3, -0.25) is 0 Å². The van der Waals surface area contributed by atoms with E-state index in [9.17, 15) is 0 Å². The summed E-state index contributed by atoms with van der Waals surface area (Å²) in [5, 5.41) is 0.883. The SMILES string of the molecule is Fc1ccccc1N1CCN(c2ccccc2F)C1[C@H](Oc1ccccc1[CH]=[Ru+])Sc1c(Cl)ccc(Cl)c1S. The Labute approximate surface area is 255 Å². The molecule has 0 N–H and O–H groups in total. The van der Waals surface area contributed by atoms with Crippen molar-refractivity contribution in [2.45, 2.75) is 21.4 Å². The number of thiol groups is 1. The van der Waals surface area contributed by atoms with E-state index in [0.717, 1.165) is 5.56 Å². The van der Waals surface area contributed by atoms with Crippen molar-refractivity contribution in [3.8, 4) is 5.75 Å². The van der Waals surface area contributed by atoms with Crippen LogP contribution in [0.2, 0.25) is 10.0 Å². The van der Waals surface area contributed by atoms with Crippen molar-refractivity contribution in [3.05, 3.63) is 112 Å². The van der Waals surface area contributed by atoms with Crippen molar-refractivity contribution in [2.24, 2.45) is 0 Å². The minimum atomic E-state index is -0.721. The van der Waals surface area contributed by atoms with Crippen LogP contribution in [0.5, 0.6) is 5.75 Å². The van der Waals surface area contributed by atoms with E-state index < -0.39 is 11.6 Å². The van der Waals surface area contributed by atoms with E-state index in [0.29, 0.717) is 50.1 Å². The Bertz CT molecular complexity index is 1460. The summed E-state index contributed by atoms with van der Waals surface area (Å²) >= 11 is 21.5. The van der Waals surface area contributed by atoms with Crippen LogP contribution in [-0.2, 0) is 17.9 Å². The van der Waals surface area contributed by atoms with Crippen LogP contribution in [0.3, 0.4) is 0 Å². The maximum atomic E-state index is 15.2. The Morgan fingerprint density at radius 1 is 0.846 bits per heavy atom. The zero-order valence-corrected chi connectivity index (χ0v) is 25.2. The molecule has 0 saturated carbocycles. The van der Waals surface area contributed by atoms with Gasteiger partial charge in [0, 0.05) is 0 Å². The third-order valence-electron chi connectivity index (χ3n) is 6.33. The van der Waals surface area contributed by atoms with Gasteiger partial charge in [0.25, 0.3) is 0 Å². The molecule has 10 heteroatoms. The summed E-state index contributed by atoms with van der Waals surface area (Å²) in [4.78, 5) is 4.93. The van der Waals surface area contributed by atoms with Gasteiger partial charge < -0.3 is 0 Å². The summed E-state index contributed by atoms with van der Waals surface area (Å²) in [6.45, 7) is 0.880. The van der Waals surface area contributed by atoms with Gasteiger partial charge in [0.1, 0.15) is 0 Å². The van der Waals surface area contributed by atoms with Gasteiger partial charge in [-0.25, -0.2) is 0 Å². The number of thioether (sulfide) groups is 1. The molecule has 0 bridgehead atoms. The average molecular weight is 689 g/mol. The fraction of sp³-hybridized carbons (Fsp3) is 0.138. The van der Waals surface area contributed by atoms with Gasteiger partial charge in [-0.15, -0.1) is 0 Å². The van der Waals surface area contributed by atoms with E-state index in [1.165, 1.54) is 23.9 Å². The molecule has 1 fully saturated rings. The Hall–Kier alpha value is -2.09. The predicted molar refractivity (Wildman–Crippen MR) is 157 cm³/mol. The zero-order valence-electron chi connectivity index (χ0n) is 20.3. The number of nitrogens with zero attached hydrogens (tertiary/aromatic N) is 2. The molecule has 4 aromatic rings. The predicted octanol–water partition coefficient (Wildman–Crippen LogP) is 8.11. The number of halogens is 4. The summed E-state index contributed by atoms with van der Waals surface area (Å²) in [6, 6.07) is 24.1. The van der Waals surface area contributed by atoms with Gasteiger partial charge in [-0.2, -0.15) is 0 Å². The molecule has 3 nitrogen and oxygen atoms in total. The second-order valence-electron chi connectivity index (χ2n) is 8.65. The number of rotatable bonds is 8. The van der Waals surface area contributed by atoms with Crippen LogP contribution in [0.25, 0.3) is 0 Å². The van der Waals surface area contributed by atoms with Gasteiger partial charge in [0.15, 0.2) is 0 Å². The number of hydrogen-bond donors (Lipinski definition) is 1. The fourth-order valence-electron chi connectivity index (χ4n) is 4.53. The summed E-state index contributed by atoms with van der Waals surface area (Å²) in [6.07, 6.45) is -0.634. The summed E-state index contributed by atoms with van der Waals surface area (Å²) < 4.78 is 39.0. The van der Waals surface area contributed by atoms with Gasteiger partial charge in [0.05, 0.1) is 0 Å². The molecule has 4 aromatic carbocycles. The van der Waals surface area contributed by atoms with E-state index >= 15 is 8.78 Å². The average Bonchev–Trinajstić information content (AvgIpc) is 3.38. The molecule has 0 unspecified atom stereocenters. The molecule has 1 aliphatic heterocycles. The van der Waals surface area contributed by atoms with E-state index in [1.807, 2.05) is 38.7 Å². The first-order chi connectivity index (χ1) is 18.9. The molecule has 0 aliphatic carbocycles. The zero-order chi connectivity index (χ0) is 27.5. The van der Waals surface area contributed by atoms with Crippen LogP contribution >= 0.6 is 47.6 Å². The molecule has 5 rings (SSSR count). The molecule has 1 heterocycles. The molecule has 1 atom stereocenters. The Morgan fingerprint density at radius 2 is 1.38 bits per heavy atom. The first-order valence-electron chi connectivity index (χ1n) is 11.9. The maximum absolute atomic E-state index is 15.2. The van der Waals surface area contributed by atoms with Crippen LogP contribution in [-0.4, -0.2) is 29.3 Å². The summed E-state index contributed by atoms with van der Waals surface area (Å²) in [7, 11) is 0. The van der Waals surface area contributed by atoms with E-state index in [1.54, 1.807) is 48.5 Å². The molecular formula is C29H22Cl2F2N2ORuS2+. The minimum absolute atomic E-state index is 0.378. The van der Waals surface area contributed by atoms with E-state index in [-0.39, 0.29) is 11.6 Å². The number of anilines is 2. The molecule has 39 heavy (non-hydrogen) atoms. The molecule has 0 spiro atoms. The number of ether oxygens (including phenoxy) is 1.